The predicted molar refractivity (Wildman–Crippen MR) is 43.5 cm³/mol. The van der Waals surface area contributed by atoms with E-state index in [0.29, 0.717) is 5.75 Å². The highest BCUT2D eigenvalue weighted by molar-refractivity contribution is 7.99. The molecule has 0 unspecified atom stereocenters. The number of rotatable bonds is 3. The third-order valence-corrected chi connectivity index (χ3v) is 2.09. The maximum Gasteiger partial charge on any atom is 0.316 e. The molecule has 11 heavy (non-hydrogen) atoms. The Hall–Kier alpha value is -0.900. The van der Waals surface area contributed by atoms with Gasteiger partial charge in [-0.2, -0.15) is 0 Å². The number of hydrogen-bond acceptors (Lipinski definition) is 3. The first-order valence-electron chi connectivity index (χ1n) is 3.16. The van der Waals surface area contributed by atoms with Gasteiger partial charge in [0.2, 0.25) is 0 Å². The molecule has 0 fully saturated rings. The number of methoxy groups -OCH3 is 1. The minimum atomic E-state index is -0.204. The minimum absolute atomic E-state index is 0.204. The van der Waals surface area contributed by atoms with Crippen molar-refractivity contribution in [2.75, 3.05) is 12.9 Å². The molecule has 1 aromatic heterocycles. The topological polar surface area (TPSA) is 42.1 Å². The molecule has 0 saturated heterocycles. The molecule has 0 aliphatic rings. The number of aromatic nitrogens is 1. The molecule has 4 heteroatoms. The normalized spacial score (nSPS) is 9.55. The van der Waals surface area contributed by atoms with Gasteiger partial charge in [-0.3, -0.25) is 4.79 Å². The van der Waals surface area contributed by atoms with E-state index < -0.39 is 0 Å². The van der Waals surface area contributed by atoms with Gasteiger partial charge in [-0.1, -0.05) is 11.8 Å². The van der Waals surface area contributed by atoms with Gasteiger partial charge in [-0.25, -0.2) is 0 Å². The standard InChI is InChI=1S/C7H9NO2S/c1-10-7(9)5-11-6-3-2-4-8-6/h2-4,8H,5H2,1H3. The summed E-state index contributed by atoms with van der Waals surface area (Å²) in [6.45, 7) is 0. The van der Waals surface area contributed by atoms with Crippen LogP contribution >= 0.6 is 11.8 Å². The van der Waals surface area contributed by atoms with Gasteiger partial charge in [0.05, 0.1) is 17.9 Å². The Bertz CT molecular complexity index is 220. The number of carbonyl (C=O) groups excluding carboxylic acids is 1. The van der Waals surface area contributed by atoms with Crippen molar-refractivity contribution in [1.29, 1.82) is 0 Å². The Morgan fingerprint density at radius 2 is 2.64 bits per heavy atom. The van der Waals surface area contributed by atoms with Crippen LogP contribution in [0.15, 0.2) is 23.4 Å². The fraction of sp³-hybridized carbons (Fsp3) is 0.286. The molecule has 0 aliphatic heterocycles. The molecule has 60 valence electrons. The molecule has 0 aromatic carbocycles. The van der Waals surface area contributed by atoms with E-state index in [1.807, 2.05) is 18.3 Å². The van der Waals surface area contributed by atoms with E-state index in [4.69, 9.17) is 0 Å². The largest absolute Gasteiger partial charge is 0.468 e. The zero-order valence-corrected chi connectivity index (χ0v) is 6.98. The van der Waals surface area contributed by atoms with Crippen LogP contribution in [0, 0.1) is 0 Å². The van der Waals surface area contributed by atoms with E-state index in [9.17, 15) is 4.79 Å². The molecule has 3 nitrogen and oxygen atoms in total. The average Bonchev–Trinajstić information content (AvgIpc) is 2.52. The summed E-state index contributed by atoms with van der Waals surface area (Å²) in [6, 6.07) is 3.80. The van der Waals surface area contributed by atoms with Crippen LogP contribution in [0.4, 0.5) is 0 Å². The Kier molecular flexibility index (Phi) is 3.04. The van der Waals surface area contributed by atoms with E-state index in [0.717, 1.165) is 5.03 Å². The Morgan fingerprint density at radius 1 is 1.82 bits per heavy atom. The molecular weight excluding hydrogens is 162 g/mol. The van der Waals surface area contributed by atoms with E-state index in [1.54, 1.807) is 0 Å². The molecule has 0 spiro atoms. The molecule has 0 saturated carbocycles. The summed E-state index contributed by atoms with van der Waals surface area (Å²) in [4.78, 5) is 13.6. The third-order valence-electron chi connectivity index (χ3n) is 1.14. The molecule has 0 amide bonds. The van der Waals surface area contributed by atoms with Crippen LogP contribution < -0.4 is 0 Å². The molecule has 0 radical (unpaired) electrons. The number of hydrogen-bond donors (Lipinski definition) is 1. The van der Waals surface area contributed by atoms with Crippen LogP contribution in [0.5, 0.6) is 0 Å². The monoisotopic (exact) mass is 171 g/mol. The third kappa shape index (κ3) is 2.67. The maximum absolute atomic E-state index is 10.7. The highest BCUT2D eigenvalue weighted by Gasteiger charge is 2.00. The van der Waals surface area contributed by atoms with Crippen LogP contribution in [0.25, 0.3) is 0 Å². The van der Waals surface area contributed by atoms with Gasteiger partial charge in [0.1, 0.15) is 0 Å². The molecule has 1 N–H and O–H groups in total. The van der Waals surface area contributed by atoms with Crippen LogP contribution in [-0.4, -0.2) is 23.8 Å². The summed E-state index contributed by atoms with van der Waals surface area (Å²) in [5.41, 5.74) is 0. The van der Waals surface area contributed by atoms with Crippen molar-refractivity contribution in [1.82, 2.24) is 4.98 Å². The number of nitrogens with one attached hydrogen (secondary N) is 1. The maximum atomic E-state index is 10.7. The van der Waals surface area contributed by atoms with Crippen molar-refractivity contribution in [3.05, 3.63) is 18.3 Å². The fourth-order valence-corrected chi connectivity index (χ4v) is 1.32. The lowest BCUT2D eigenvalue weighted by Crippen LogP contribution is -2.02. The number of esters is 1. The number of H-pyrrole nitrogens is 1. The second-order valence-electron chi connectivity index (χ2n) is 1.90. The second kappa shape index (κ2) is 4.08. The first-order valence-corrected chi connectivity index (χ1v) is 4.14. The molecule has 0 bridgehead atoms. The molecular formula is C7H9NO2S. The van der Waals surface area contributed by atoms with Gasteiger partial charge >= 0.3 is 5.97 Å². The summed E-state index contributed by atoms with van der Waals surface area (Å²) in [7, 11) is 1.39. The number of aromatic amines is 1. The Morgan fingerprint density at radius 3 is 3.18 bits per heavy atom. The summed E-state index contributed by atoms with van der Waals surface area (Å²) in [5.74, 6) is 0.154. The molecule has 0 aliphatic carbocycles. The predicted octanol–water partition coefficient (Wildman–Crippen LogP) is 1.28. The highest BCUT2D eigenvalue weighted by atomic mass is 32.2. The number of carbonyl (C=O) groups is 1. The van der Waals surface area contributed by atoms with Gasteiger partial charge in [0, 0.05) is 6.20 Å². The first kappa shape index (κ1) is 8.20. The minimum Gasteiger partial charge on any atom is -0.468 e. The lowest BCUT2D eigenvalue weighted by atomic mass is 10.7. The van der Waals surface area contributed by atoms with Gasteiger partial charge in [-0.05, 0) is 12.1 Å². The summed E-state index contributed by atoms with van der Waals surface area (Å²) < 4.78 is 4.47. The van der Waals surface area contributed by atoms with E-state index >= 15 is 0 Å². The van der Waals surface area contributed by atoms with Crippen LogP contribution in [0.2, 0.25) is 0 Å². The molecule has 1 rings (SSSR count). The average molecular weight is 171 g/mol. The fourth-order valence-electron chi connectivity index (χ4n) is 0.599. The van der Waals surface area contributed by atoms with Crippen molar-refractivity contribution < 1.29 is 9.53 Å². The lowest BCUT2D eigenvalue weighted by molar-refractivity contribution is -0.137. The van der Waals surface area contributed by atoms with E-state index in [1.165, 1.54) is 18.9 Å². The van der Waals surface area contributed by atoms with E-state index in [2.05, 4.69) is 9.72 Å². The molecule has 1 aromatic rings. The van der Waals surface area contributed by atoms with Crippen molar-refractivity contribution in [2.24, 2.45) is 0 Å². The summed E-state index contributed by atoms with van der Waals surface area (Å²) >= 11 is 1.43. The van der Waals surface area contributed by atoms with Gasteiger partial charge in [-0.15, -0.1) is 0 Å². The van der Waals surface area contributed by atoms with Gasteiger partial charge in [0.15, 0.2) is 0 Å². The van der Waals surface area contributed by atoms with Gasteiger partial charge in [0.25, 0.3) is 0 Å². The SMILES string of the molecule is COC(=O)CSc1ccc[nH]1. The number of thioether (sulfide) groups is 1. The summed E-state index contributed by atoms with van der Waals surface area (Å²) in [6.07, 6.45) is 1.82. The van der Waals surface area contributed by atoms with Gasteiger partial charge < -0.3 is 9.72 Å². The van der Waals surface area contributed by atoms with Crippen LogP contribution in [0.1, 0.15) is 0 Å². The zero-order valence-electron chi connectivity index (χ0n) is 6.16. The zero-order chi connectivity index (χ0) is 8.10. The Balaban J connectivity index is 2.29. The second-order valence-corrected chi connectivity index (χ2v) is 2.92. The summed E-state index contributed by atoms with van der Waals surface area (Å²) in [5, 5.41) is 0.982. The smallest absolute Gasteiger partial charge is 0.316 e. The lowest BCUT2D eigenvalue weighted by Gasteiger charge is -1.95. The van der Waals surface area contributed by atoms with Crippen LogP contribution in [-0.2, 0) is 9.53 Å². The van der Waals surface area contributed by atoms with Crippen LogP contribution in [0.3, 0.4) is 0 Å². The van der Waals surface area contributed by atoms with Crippen molar-refractivity contribution in [2.45, 2.75) is 5.03 Å². The highest BCUT2D eigenvalue weighted by Crippen LogP contribution is 2.13. The quantitative estimate of drug-likeness (QED) is 0.550. The Labute approximate surface area is 69.1 Å². The van der Waals surface area contributed by atoms with Crippen molar-refractivity contribution in [3.8, 4) is 0 Å². The molecule has 0 atom stereocenters. The molecule has 1 heterocycles. The number of ether oxygens (including phenoxy) is 1. The van der Waals surface area contributed by atoms with Crippen molar-refractivity contribution in [3.63, 3.8) is 0 Å². The van der Waals surface area contributed by atoms with Crippen molar-refractivity contribution >= 4 is 17.7 Å². The first-order chi connectivity index (χ1) is 5.33. The van der Waals surface area contributed by atoms with E-state index in [-0.39, 0.29) is 5.97 Å².